The normalized spacial score (nSPS) is 20.3. The lowest BCUT2D eigenvalue weighted by molar-refractivity contribution is 0.0789. The lowest BCUT2D eigenvalue weighted by atomic mass is 10.0. The van der Waals surface area contributed by atoms with Crippen molar-refractivity contribution in [2.24, 2.45) is 7.05 Å². The fourth-order valence-electron chi connectivity index (χ4n) is 4.22. The second-order valence-corrected chi connectivity index (χ2v) is 8.29. The second-order valence-electron chi connectivity index (χ2n) is 8.29. The molecule has 7 nitrogen and oxygen atoms in total. The van der Waals surface area contributed by atoms with Gasteiger partial charge in [0.15, 0.2) is 0 Å². The number of aromatic nitrogens is 2. The van der Waals surface area contributed by atoms with Crippen LogP contribution in [-0.2, 0) is 7.05 Å². The summed E-state index contributed by atoms with van der Waals surface area (Å²) in [4.78, 5) is 35.9. The lowest BCUT2D eigenvalue weighted by Gasteiger charge is -2.34. The summed E-state index contributed by atoms with van der Waals surface area (Å²) >= 11 is 0. The summed E-state index contributed by atoms with van der Waals surface area (Å²) in [5, 5.41) is 0. The molecule has 2 fully saturated rings. The molecule has 7 heteroatoms. The Morgan fingerprint density at radius 1 is 1.07 bits per heavy atom. The number of pyridine rings is 2. The maximum Gasteiger partial charge on any atom is 0.255 e. The predicted molar refractivity (Wildman–Crippen MR) is 114 cm³/mol. The fraction of sp³-hybridized carbons (Fsp3) is 0.500. The number of rotatable bonds is 3. The van der Waals surface area contributed by atoms with Gasteiger partial charge in [0.05, 0.1) is 5.56 Å². The molecule has 2 aliphatic heterocycles. The van der Waals surface area contributed by atoms with Gasteiger partial charge < -0.3 is 19.3 Å². The van der Waals surface area contributed by atoms with Gasteiger partial charge in [0.25, 0.3) is 5.91 Å². The van der Waals surface area contributed by atoms with Crippen LogP contribution in [0.1, 0.15) is 34.1 Å². The quantitative estimate of drug-likeness (QED) is 0.788. The van der Waals surface area contributed by atoms with Crippen molar-refractivity contribution in [1.29, 1.82) is 0 Å². The van der Waals surface area contributed by atoms with Crippen LogP contribution in [0, 0.1) is 6.92 Å². The van der Waals surface area contributed by atoms with Gasteiger partial charge in [0.2, 0.25) is 5.56 Å². The molecular weight excluding hydrogens is 366 g/mol. The van der Waals surface area contributed by atoms with Gasteiger partial charge in [0, 0.05) is 81.6 Å². The number of hydrogen-bond acceptors (Lipinski definition) is 5. The van der Waals surface area contributed by atoms with Gasteiger partial charge in [-0.2, -0.15) is 0 Å². The maximum absolute atomic E-state index is 12.9. The molecule has 2 saturated heterocycles. The van der Waals surface area contributed by atoms with Crippen molar-refractivity contribution in [3.8, 4) is 0 Å². The summed E-state index contributed by atoms with van der Waals surface area (Å²) in [6.45, 7) is 7.63. The smallest absolute Gasteiger partial charge is 0.255 e. The van der Waals surface area contributed by atoms with Gasteiger partial charge in [-0.3, -0.25) is 14.6 Å². The molecule has 0 bridgehead atoms. The van der Waals surface area contributed by atoms with Crippen molar-refractivity contribution in [3.05, 3.63) is 57.8 Å². The predicted octanol–water partition coefficient (Wildman–Crippen LogP) is 1.47. The van der Waals surface area contributed by atoms with E-state index in [2.05, 4.69) is 29.0 Å². The molecular formula is C22H29N5O2. The van der Waals surface area contributed by atoms with Crippen LogP contribution >= 0.6 is 0 Å². The van der Waals surface area contributed by atoms with Crippen LogP contribution in [-0.4, -0.2) is 71.6 Å². The monoisotopic (exact) mass is 395 g/mol. The van der Waals surface area contributed by atoms with Crippen molar-refractivity contribution in [2.75, 3.05) is 51.2 Å². The SMILES string of the molecule is Cc1cc(N2CCN(C)CC2)cc(C2CCN(C(=O)c3ccc(=O)n(C)c3)C2)n1. The number of piperazine rings is 1. The average Bonchev–Trinajstić information content (AvgIpc) is 3.20. The van der Waals surface area contributed by atoms with E-state index >= 15 is 0 Å². The third-order valence-corrected chi connectivity index (χ3v) is 6.05. The van der Waals surface area contributed by atoms with Crippen LogP contribution in [0.5, 0.6) is 0 Å². The van der Waals surface area contributed by atoms with Crippen LogP contribution in [0.15, 0.2) is 35.3 Å². The molecule has 0 aliphatic carbocycles. The van der Waals surface area contributed by atoms with Crippen molar-refractivity contribution >= 4 is 11.6 Å². The van der Waals surface area contributed by atoms with Crippen LogP contribution < -0.4 is 10.5 Å². The number of hydrogen-bond donors (Lipinski definition) is 0. The standard InChI is InChI=1S/C22H29N5O2/c1-16-12-19(26-10-8-24(2)9-11-26)13-20(23-16)17-6-7-27(15-17)22(29)18-4-5-21(28)25(3)14-18/h4-5,12-14,17H,6-11,15H2,1-3H3. The van der Waals surface area contributed by atoms with E-state index in [1.165, 1.54) is 16.3 Å². The van der Waals surface area contributed by atoms with Gasteiger partial charge in [-0.15, -0.1) is 0 Å². The number of aryl methyl sites for hydroxylation is 2. The zero-order chi connectivity index (χ0) is 20.5. The minimum Gasteiger partial charge on any atom is -0.369 e. The molecule has 0 N–H and O–H groups in total. The second kappa shape index (κ2) is 7.99. The van der Waals surface area contributed by atoms with Crippen LogP contribution in [0.2, 0.25) is 0 Å². The Morgan fingerprint density at radius 3 is 2.55 bits per heavy atom. The van der Waals surface area contributed by atoms with Gasteiger partial charge in [-0.25, -0.2) is 0 Å². The molecule has 4 rings (SSSR count). The number of nitrogens with zero attached hydrogens (tertiary/aromatic N) is 5. The number of anilines is 1. The Morgan fingerprint density at radius 2 is 1.83 bits per heavy atom. The highest BCUT2D eigenvalue weighted by Crippen LogP contribution is 2.30. The van der Waals surface area contributed by atoms with Crippen LogP contribution in [0.4, 0.5) is 5.69 Å². The first-order chi connectivity index (χ1) is 13.9. The number of likely N-dealkylation sites (N-methyl/N-ethyl adjacent to an activating group) is 1. The van der Waals surface area contributed by atoms with E-state index in [1.807, 2.05) is 11.8 Å². The minimum absolute atomic E-state index is 0.0185. The zero-order valence-electron chi connectivity index (χ0n) is 17.5. The summed E-state index contributed by atoms with van der Waals surface area (Å²) in [7, 11) is 3.83. The van der Waals surface area contributed by atoms with Crippen LogP contribution in [0.25, 0.3) is 0 Å². The van der Waals surface area contributed by atoms with E-state index in [4.69, 9.17) is 4.98 Å². The Kier molecular flexibility index (Phi) is 5.41. The number of carbonyl (C=O) groups excluding carboxylic acids is 1. The molecule has 2 aliphatic rings. The maximum atomic E-state index is 12.9. The molecule has 2 aromatic rings. The molecule has 0 saturated carbocycles. The summed E-state index contributed by atoms with van der Waals surface area (Å²) in [5.74, 6) is 0.229. The van der Waals surface area contributed by atoms with E-state index in [-0.39, 0.29) is 17.4 Å². The van der Waals surface area contributed by atoms with Gasteiger partial charge in [0.1, 0.15) is 0 Å². The lowest BCUT2D eigenvalue weighted by Crippen LogP contribution is -2.44. The molecule has 0 aromatic carbocycles. The molecule has 0 radical (unpaired) electrons. The highest BCUT2D eigenvalue weighted by atomic mass is 16.2. The summed E-state index contributed by atoms with van der Waals surface area (Å²) in [6.07, 6.45) is 2.53. The Balaban J connectivity index is 1.49. The topological polar surface area (TPSA) is 61.7 Å². The van der Waals surface area contributed by atoms with E-state index < -0.39 is 0 Å². The van der Waals surface area contributed by atoms with E-state index in [0.717, 1.165) is 44.0 Å². The molecule has 1 amide bonds. The van der Waals surface area contributed by atoms with Crippen molar-refractivity contribution < 1.29 is 4.79 Å². The largest absolute Gasteiger partial charge is 0.369 e. The Labute approximate surface area is 171 Å². The van der Waals surface area contributed by atoms with Crippen molar-refractivity contribution in [2.45, 2.75) is 19.3 Å². The minimum atomic E-state index is -0.110. The first kappa shape index (κ1) is 19.6. The third kappa shape index (κ3) is 4.19. The third-order valence-electron chi connectivity index (χ3n) is 6.05. The molecule has 1 unspecified atom stereocenters. The Hall–Kier alpha value is -2.67. The van der Waals surface area contributed by atoms with E-state index in [9.17, 15) is 9.59 Å². The van der Waals surface area contributed by atoms with Gasteiger partial charge in [-0.1, -0.05) is 0 Å². The van der Waals surface area contributed by atoms with Crippen LogP contribution in [0.3, 0.4) is 0 Å². The fourth-order valence-corrected chi connectivity index (χ4v) is 4.22. The first-order valence-electron chi connectivity index (χ1n) is 10.3. The zero-order valence-corrected chi connectivity index (χ0v) is 17.5. The molecule has 4 heterocycles. The molecule has 1 atom stereocenters. The molecule has 0 spiro atoms. The summed E-state index contributed by atoms with van der Waals surface area (Å²) in [6, 6.07) is 7.44. The van der Waals surface area contributed by atoms with Gasteiger partial charge >= 0.3 is 0 Å². The highest BCUT2D eigenvalue weighted by Gasteiger charge is 2.29. The molecule has 29 heavy (non-hydrogen) atoms. The number of likely N-dealkylation sites (tertiary alicyclic amines) is 1. The molecule has 154 valence electrons. The number of carbonyl (C=O) groups is 1. The summed E-state index contributed by atoms with van der Waals surface area (Å²) in [5.41, 5.74) is 3.79. The Bertz CT molecular complexity index is 962. The average molecular weight is 396 g/mol. The van der Waals surface area contributed by atoms with E-state index in [0.29, 0.717) is 18.7 Å². The van der Waals surface area contributed by atoms with E-state index in [1.54, 1.807) is 19.3 Å². The van der Waals surface area contributed by atoms with Crippen molar-refractivity contribution in [3.63, 3.8) is 0 Å². The molecule has 2 aromatic heterocycles. The highest BCUT2D eigenvalue weighted by molar-refractivity contribution is 5.94. The van der Waals surface area contributed by atoms with Gasteiger partial charge in [-0.05, 0) is 38.6 Å². The first-order valence-corrected chi connectivity index (χ1v) is 10.3. The number of amides is 1. The van der Waals surface area contributed by atoms with Crippen molar-refractivity contribution in [1.82, 2.24) is 19.4 Å². The summed E-state index contributed by atoms with van der Waals surface area (Å²) < 4.78 is 1.45.